The van der Waals surface area contributed by atoms with Crippen molar-refractivity contribution in [3.05, 3.63) is 96.7 Å². The summed E-state index contributed by atoms with van der Waals surface area (Å²) in [7, 11) is 1.32. The van der Waals surface area contributed by atoms with Crippen molar-refractivity contribution in [3.8, 4) is 0 Å². The Kier molecular flexibility index (Phi) is 5.98. The fourth-order valence-electron chi connectivity index (χ4n) is 4.73. The third kappa shape index (κ3) is 3.65. The van der Waals surface area contributed by atoms with Crippen molar-refractivity contribution in [2.24, 2.45) is 4.99 Å². The van der Waals surface area contributed by atoms with Crippen LogP contribution in [0, 0.1) is 0 Å². The average molecular weight is 488 g/mol. The van der Waals surface area contributed by atoms with Gasteiger partial charge in [-0.15, -0.1) is 0 Å². The molecule has 0 fully saturated rings. The van der Waals surface area contributed by atoms with Gasteiger partial charge < -0.3 is 9.64 Å². The van der Waals surface area contributed by atoms with E-state index in [1.54, 1.807) is 11.8 Å². The second kappa shape index (κ2) is 9.11. The van der Waals surface area contributed by atoms with E-state index in [1.807, 2.05) is 54.6 Å². The van der Waals surface area contributed by atoms with Gasteiger partial charge in [-0.05, 0) is 25.0 Å². The van der Waals surface area contributed by atoms with Crippen LogP contribution in [-0.4, -0.2) is 30.1 Å². The number of fused-ring (bicyclic) bond motifs is 2. The van der Waals surface area contributed by atoms with Gasteiger partial charge in [-0.2, -0.15) is 0 Å². The molecule has 2 aromatic carbocycles. The summed E-state index contributed by atoms with van der Waals surface area (Å²) in [4.78, 5) is 47.2. The van der Waals surface area contributed by atoms with Crippen LogP contribution in [0.25, 0.3) is 5.57 Å². The molecule has 0 bridgehead atoms. The van der Waals surface area contributed by atoms with Crippen LogP contribution < -0.4 is 19.8 Å². The van der Waals surface area contributed by atoms with Gasteiger partial charge in [0.1, 0.15) is 4.53 Å². The second-order valence-corrected chi connectivity index (χ2v) is 9.48. The highest BCUT2D eigenvalue weighted by molar-refractivity contribution is 7.07. The summed E-state index contributed by atoms with van der Waals surface area (Å²) in [6, 6.07) is 16.2. The molecule has 5 rings (SSSR count). The van der Waals surface area contributed by atoms with E-state index in [1.165, 1.54) is 23.0 Å². The molecule has 0 N–H and O–H groups in total. The number of anilines is 1. The lowest BCUT2D eigenvalue weighted by Crippen LogP contribution is -2.40. The normalized spacial score (nSPS) is 18.3. The van der Waals surface area contributed by atoms with Crippen molar-refractivity contribution >= 4 is 34.5 Å². The summed E-state index contributed by atoms with van der Waals surface area (Å²) in [5.41, 5.74) is 3.19. The van der Waals surface area contributed by atoms with Gasteiger partial charge >= 0.3 is 5.97 Å². The fraction of sp³-hybridized carbons (Fsp3) is 0.259. The van der Waals surface area contributed by atoms with Crippen LogP contribution in [0.15, 0.2) is 75.7 Å². The Bertz CT molecular complexity index is 1550. The zero-order chi connectivity index (χ0) is 24.7. The van der Waals surface area contributed by atoms with Crippen LogP contribution in [0.4, 0.5) is 5.69 Å². The Morgan fingerprint density at radius 2 is 1.80 bits per heavy atom. The minimum absolute atomic E-state index is 0.176. The Morgan fingerprint density at radius 1 is 1.09 bits per heavy atom. The molecule has 3 aromatic rings. The molecule has 178 valence electrons. The molecule has 7 nitrogen and oxygen atoms in total. The number of hydrogen-bond donors (Lipinski definition) is 0. The van der Waals surface area contributed by atoms with Gasteiger partial charge in [-0.3, -0.25) is 14.2 Å². The van der Waals surface area contributed by atoms with Gasteiger partial charge in [0.15, 0.2) is 4.80 Å². The van der Waals surface area contributed by atoms with Gasteiger partial charge in [-0.1, -0.05) is 73.2 Å². The van der Waals surface area contributed by atoms with E-state index in [0.717, 1.165) is 29.7 Å². The van der Waals surface area contributed by atoms with Crippen LogP contribution in [0.3, 0.4) is 0 Å². The molecule has 8 heteroatoms. The number of para-hydroxylation sites is 1. The predicted octanol–water partition coefficient (Wildman–Crippen LogP) is 2.93. The molecule has 0 aliphatic carbocycles. The van der Waals surface area contributed by atoms with E-state index < -0.39 is 12.0 Å². The molecule has 0 saturated carbocycles. The number of amides is 1. The van der Waals surface area contributed by atoms with Gasteiger partial charge in [0.2, 0.25) is 0 Å². The molecule has 1 aromatic heterocycles. The minimum atomic E-state index is -0.697. The number of aromatic nitrogens is 1. The number of rotatable bonds is 5. The standard InChI is InChI=1S/C27H25N3O4S/c1-4-5-15-29-19-14-10-9-13-18(19)21(24(29)31)23-25(32)30-22(17-11-7-6-8-12-17)20(26(33)34-3)16(2)28-27(30)35-23/h6-14,22H,4-5,15H2,1-3H3/b23-21-/t22-/m1/s1. The first-order valence-corrected chi connectivity index (χ1v) is 12.4. The van der Waals surface area contributed by atoms with Gasteiger partial charge in [-0.25, -0.2) is 9.79 Å². The molecule has 1 amide bonds. The summed E-state index contributed by atoms with van der Waals surface area (Å²) < 4.78 is 6.91. The number of benzene rings is 2. The van der Waals surface area contributed by atoms with Crippen LogP contribution in [0.5, 0.6) is 0 Å². The van der Waals surface area contributed by atoms with Gasteiger partial charge in [0.25, 0.3) is 11.5 Å². The maximum atomic E-state index is 14.0. The summed E-state index contributed by atoms with van der Waals surface area (Å²) >= 11 is 1.19. The first-order valence-electron chi connectivity index (χ1n) is 11.6. The van der Waals surface area contributed by atoms with Gasteiger partial charge in [0, 0.05) is 12.1 Å². The second-order valence-electron chi connectivity index (χ2n) is 8.51. The maximum Gasteiger partial charge on any atom is 0.338 e. The maximum absolute atomic E-state index is 14.0. The van der Waals surface area contributed by atoms with E-state index in [2.05, 4.69) is 11.9 Å². The number of methoxy groups -OCH3 is 1. The molecule has 1 atom stereocenters. The smallest absolute Gasteiger partial charge is 0.338 e. The number of ether oxygens (including phenoxy) is 1. The highest BCUT2D eigenvalue weighted by atomic mass is 32.1. The SMILES string of the molecule is CCCCN1C(=O)/C(=c2\sc3n(c2=O)[C@H](c2ccccc2)C(C(=O)OC)=C(C)N=3)c2ccccc21. The highest BCUT2D eigenvalue weighted by Crippen LogP contribution is 2.35. The summed E-state index contributed by atoms with van der Waals surface area (Å²) in [5, 5.41) is 0. The van der Waals surface area contributed by atoms with Crippen molar-refractivity contribution in [3.63, 3.8) is 0 Å². The number of hydrogen-bond acceptors (Lipinski definition) is 6. The fourth-order valence-corrected chi connectivity index (χ4v) is 5.87. The Hall–Kier alpha value is -3.78. The molecule has 0 spiro atoms. The molecule has 0 saturated heterocycles. The van der Waals surface area contributed by atoms with Crippen LogP contribution >= 0.6 is 11.3 Å². The first-order chi connectivity index (χ1) is 17.0. The molecule has 2 aliphatic heterocycles. The molecular formula is C27H25N3O4S. The summed E-state index contributed by atoms with van der Waals surface area (Å²) in [5.74, 6) is -0.712. The average Bonchev–Trinajstić information content (AvgIpc) is 3.34. The molecule has 2 aliphatic rings. The van der Waals surface area contributed by atoms with Crippen molar-refractivity contribution in [1.82, 2.24) is 4.57 Å². The van der Waals surface area contributed by atoms with Crippen molar-refractivity contribution in [2.45, 2.75) is 32.7 Å². The Labute approximate surface area is 206 Å². The number of carbonyl (C=O) groups is 2. The van der Waals surface area contributed by atoms with E-state index in [9.17, 15) is 14.4 Å². The lowest BCUT2D eigenvalue weighted by Gasteiger charge is -2.24. The van der Waals surface area contributed by atoms with Gasteiger partial charge in [0.05, 0.1) is 35.7 Å². The number of unbranched alkanes of at least 4 members (excludes halogenated alkanes) is 1. The van der Waals surface area contributed by atoms with Crippen LogP contribution in [-0.2, 0) is 14.3 Å². The van der Waals surface area contributed by atoms with Crippen molar-refractivity contribution in [2.75, 3.05) is 18.6 Å². The molecule has 3 heterocycles. The van der Waals surface area contributed by atoms with Crippen LogP contribution in [0.2, 0.25) is 0 Å². The quantitative estimate of drug-likeness (QED) is 0.519. The predicted molar refractivity (Wildman–Crippen MR) is 135 cm³/mol. The van der Waals surface area contributed by atoms with Crippen LogP contribution in [0.1, 0.15) is 43.9 Å². The van der Waals surface area contributed by atoms with E-state index in [4.69, 9.17) is 4.74 Å². The Morgan fingerprint density at radius 3 is 2.51 bits per heavy atom. The molecule has 35 heavy (non-hydrogen) atoms. The topological polar surface area (TPSA) is 81.0 Å². The largest absolute Gasteiger partial charge is 0.466 e. The number of allylic oxidation sites excluding steroid dienone is 1. The van der Waals surface area contributed by atoms with E-state index in [-0.39, 0.29) is 11.5 Å². The molecule has 0 unspecified atom stereocenters. The zero-order valence-corrected chi connectivity index (χ0v) is 20.6. The van der Waals surface area contributed by atoms with E-state index in [0.29, 0.717) is 32.7 Å². The first kappa shape index (κ1) is 23.0. The highest BCUT2D eigenvalue weighted by Gasteiger charge is 2.36. The van der Waals surface area contributed by atoms with Crippen molar-refractivity contribution in [1.29, 1.82) is 0 Å². The summed E-state index contributed by atoms with van der Waals surface area (Å²) in [6.45, 7) is 4.41. The lowest BCUT2D eigenvalue weighted by molar-refractivity contribution is -0.136. The monoisotopic (exact) mass is 487 g/mol. The van der Waals surface area contributed by atoms with E-state index >= 15 is 0 Å². The third-order valence-electron chi connectivity index (χ3n) is 6.40. The number of esters is 1. The third-order valence-corrected chi connectivity index (χ3v) is 7.46. The molecular weight excluding hydrogens is 462 g/mol. The number of nitrogens with zero attached hydrogens (tertiary/aromatic N) is 3. The lowest BCUT2D eigenvalue weighted by atomic mass is 9.96. The zero-order valence-electron chi connectivity index (χ0n) is 19.8. The summed E-state index contributed by atoms with van der Waals surface area (Å²) in [6.07, 6.45) is 1.82. The number of carbonyl (C=O) groups excluding carboxylic acids is 2. The minimum Gasteiger partial charge on any atom is -0.466 e. The van der Waals surface area contributed by atoms with Crippen molar-refractivity contribution < 1.29 is 14.3 Å². The molecule has 0 radical (unpaired) electrons. The number of thiazole rings is 1. The Balaban J connectivity index is 1.80.